The Kier molecular flexibility index (Phi) is 9.41. The summed E-state index contributed by atoms with van der Waals surface area (Å²) in [5.41, 5.74) is 3.65. The lowest BCUT2D eigenvalue weighted by molar-refractivity contribution is -0.140. The van der Waals surface area contributed by atoms with Crippen molar-refractivity contribution in [3.8, 4) is 5.75 Å². The molecule has 1 amide bonds. The number of hydrogen-bond acceptors (Lipinski definition) is 6. The largest absolute Gasteiger partial charge is 0.496 e. The van der Waals surface area contributed by atoms with Gasteiger partial charge < -0.3 is 23.7 Å². The van der Waals surface area contributed by atoms with Gasteiger partial charge in [-0.3, -0.25) is 9.59 Å². The summed E-state index contributed by atoms with van der Waals surface area (Å²) in [5, 5.41) is 1.03. The predicted octanol–water partition coefficient (Wildman–Crippen LogP) is 5.70. The molecule has 220 valence electrons. The Morgan fingerprint density at radius 2 is 1.73 bits per heavy atom. The zero-order valence-corrected chi connectivity index (χ0v) is 25.1. The number of nitrogens with zero attached hydrogens (tertiary/aromatic N) is 2. The summed E-state index contributed by atoms with van der Waals surface area (Å²) in [6.07, 6.45) is 7.69. The van der Waals surface area contributed by atoms with Crippen molar-refractivity contribution in [2.45, 2.75) is 83.9 Å². The molecule has 0 radical (unpaired) electrons. The van der Waals surface area contributed by atoms with Gasteiger partial charge in [0.15, 0.2) is 0 Å². The Morgan fingerprint density at radius 1 is 1.00 bits per heavy atom. The highest BCUT2D eigenvalue weighted by Crippen LogP contribution is 2.29. The predicted molar refractivity (Wildman–Crippen MR) is 158 cm³/mol. The van der Waals surface area contributed by atoms with Gasteiger partial charge in [-0.1, -0.05) is 31.0 Å². The smallest absolute Gasteiger partial charge is 0.338 e. The number of aromatic nitrogens is 1. The van der Waals surface area contributed by atoms with Crippen molar-refractivity contribution in [2.24, 2.45) is 0 Å². The lowest BCUT2D eigenvalue weighted by Gasteiger charge is -2.24. The SMILES string of the molecule is COC(=O)CCc1cn(Cc2ccc(C(=O)OC(C)(C)C)cc2OC)c2cc(CC(=O)N(C)C3CCCC3)ccc12. The van der Waals surface area contributed by atoms with Crippen LogP contribution in [0.3, 0.4) is 0 Å². The Morgan fingerprint density at radius 3 is 2.39 bits per heavy atom. The molecule has 0 saturated heterocycles. The van der Waals surface area contributed by atoms with E-state index in [0.717, 1.165) is 40.4 Å². The summed E-state index contributed by atoms with van der Waals surface area (Å²) in [5.74, 6) is 0.0359. The maximum absolute atomic E-state index is 13.1. The van der Waals surface area contributed by atoms with Crippen LogP contribution in [0.25, 0.3) is 10.9 Å². The molecule has 0 bridgehead atoms. The summed E-state index contributed by atoms with van der Waals surface area (Å²) in [4.78, 5) is 39.5. The molecule has 0 spiro atoms. The molecule has 4 rings (SSSR count). The third-order valence-corrected chi connectivity index (χ3v) is 7.74. The molecule has 1 heterocycles. The Labute approximate surface area is 242 Å². The van der Waals surface area contributed by atoms with Crippen LogP contribution in [0.2, 0.25) is 0 Å². The summed E-state index contributed by atoms with van der Waals surface area (Å²) >= 11 is 0. The standard InChI is InChI=1S/C33H42N2O6/c1-33(2,3)41-32(38)23-12-13-25(29(19-23)39-5)21-35-20-24(14-16-31(37)40-6)27-15-11-22(17-28(27)35)18-30(36)34(4)26-9-7-8-10-26/h11-13,15,17,19-20,26H,7-10,14,16,18,21H2,1-6H3. The molecule has 0 N–H and O–H groups in total. The van der Waals surface area contributed by atoms with E-state index in [-0.39, 0.29) is 18.3 Å². The fourth-order valence-corrected chi connectivity index (χ4v) is 5.51. The monoisotopic (exact) mass is 562 g/mol. The normalized spacial score (nSPS) is 13.8. The first kappa shape index (κ1) is 30.2. The minimum Gasteiger partial charge on any atom is -0.496 e. The Balaban J connectivity index is 1.65. The zero-order chi connectivity index (χ0) is 29.7. The van der Waals surface area contributed by atoms with Crippen molar-refractivity contribution in [3.63, 3.8) is 0 Å². The number of carbonyl (C=O) groups is 3. The van der Waals surface area contributed by atoms with Crippen LogP contribution in [0.5, 0.6) is 5.75 Å². The van der Waals surface area contributed by atoms with Crippen molar-refractivity contribution in [1.82, 2.24) is 9.47 Å². The molecule has 1 aliphatic rings. The Bertz CT molecular complexity index is 1410. The molecule has 2 aromatic carbocycles. The van der Waals surface area contributed by atoms with Crippen molar-refractivity contribution in [2.75, 3.05) is 21.3 Å². The van der Waals surface area contributed by atoms with Gasteiger partial charge in [0.2, 0.25) is 5.91 Å². The maximum Gasteiger partial charge on any atom is 0.338 e. The summed E-state index contributed by atoms with van der Waals surface area (Å²) < 4.78 is 18.2. The van der Waals surface area contributed by atoms with E-state index in [9.17, 15) is 14.4 Å². The van der Waals surface area contributed by atoms with E-state index < -0.39 is 11.6 Å². The van der Waals surface area contributed by atoms with Crippen LogP contribution in [0.1, 0.15) is 79.9 Å². The molecule has 0 unspecified atom stereocenters. The molecule has 0 atom stereocenters. The van der Waals surface area contributed by atoms with Crippen molar-refractivity contribution in [1.29, 1.82) is 0 Å². The second-order valence-electron chi connectivity index (χ2n) is 11.9. The lowest BCUT2D eigenvalue weighted by atomic mass is 10.0. The van der Waals surface area contributed by atoms with Crippen molar-refractivity contribution < 1.29 is 28.6 Å². The molecule has 1 aliphatic carbocycles. The molecule has 41 heavy (non-hydrogen) atoms. The van der Waals surface area contributed by atoms with Gasteiger partial charge in [0.05, 0.1) is 32.7 Å². The topological polar surface area (TPSA) is 87.1 Å². The van der Waals surface area contributed by atoms with Crippen LogP contribution in [-0.2, 0) is 38.4 Å². The number of hydrogen-bond donors (Lipinski definition) is 0. The second kappa shape index (κ2) is 12.8. The third kappa shape index (κ3) is 7.48. The number of amides is 1. The first-order valence-corrected chi connectivity index (χ1v) is 14.3. The highest BCUT2D eigenvalue weighted by Gasteiger charge is 2.24. The van der Waals surface area contributed by atoms with Crippen LogP contribution in [-0.4, -0.2) is 60.2 Å². The molecule has 3 aromatic rings. The van der Waals surface area contributed by atoms with Crippen LogP contribution < -0.4 is 4.74 Å². The van der Waals surface area contributed by atoms with E-state index in [1.165, 1.54) is 20.0 Å². The number of fused-ring (bicyclic) bond motifs is 1. The lowest BCUT2D eigenvalue weighted by Crippen LogP contribution is -2.36. The van der Waals surface area contributed by atoms with Gasteiger partial charge >= 0.3 is 11.9 Å². The van der Waals surface area contributed by atoms with Gasteiger partial charge in [-0.05, 0) is 69.4 Å². The molecule has 1 aromatic heterocycles. The van der Waals surface area contributed by atoms with E-state index in [2.05, 4.69) is 10.6 Å². The first-order chi connectivity index (χ1) is 19.5. The number of esters is 2. The first-order valence-electron chi connectivity index (χ1n) is 14.3. The van der Waals surface area contributed by atoms with Crippen LogP contribution in [0.4, 0.5) is 0 Å². The molecule has 0 aliphatic heterocycles. The number of aryl methyl sites for hydroxylation is 1. The average Bonchev–Trinajstić information content (AvgIpc) is 3.59. The fourth-order valence-electron chi connectivity index (χ4n) is 5.51. The van der Waals surface area contributed by atoms with Crippen molar-refractivity contribution in [3.05, 3.63) is 64.8 Å². The minimum atomic E-state index is -0.599. The number of carbonyl (C=O) groups excluding carboxylic acids is 3. The van der Waals surface area contributed by atoms with E-state index in [4.69, 9.17) is 14.2 Å². The number of likely N-dealkylation sites (N-methyl/N-ethyl adjacent to an activating group) is 1. The Hall–Kier alpha value is -3.81. The maximum atomic E-state index is 13.1. The van der Waals surface area contributed by atoms with E-state index >= 15 is 0 Å². The average molecular weight is 563 g/mol. The van der Waals surface area contributed by atoms with Gasteiger partial charge in [0.1, 0.15) is 11.4 Å². The minimum absolute atomic E-state index is 0.125. The van der Waals surface area contributed by atoms with Gasteiger partial charge in [-0.15, -0.1) is 0 Å². The summed E-state index contributed by atoms with van der Waals surface area (Å²) in [6.45, 7) is 5.98. The van der Waals surface area contributed by atoms with Gasteiger partial charge in [-0.2, -0.15) is 0 Å². The molecular weight excluding hydrogens is 520 g/mol. The number of benzene rings is 2. The van der Waals surface area contributed by atoms with E-state index in [1.807, 2.05) is 57.1 Å². The molecule has 8 heteroatoms. The van der Waals surface area contributed by atoms with Gasteiger partial charge in [0.25, 0.3) is 0 Å². The van der Waals surface area contributed by atoms with E-state index in [0.29, 0.717) is 36.7 Å². The molecule has 1 fully saturated rings. The molecular formula is C33H42N2O6. The van der Waals surface area contributed by atoms with E-state index in [1.54, 1.807) is 19.2 Å². The van der Waals surface area contributed by atoms with Gasteiger partial charge in [-0.25, -0.2) is 4.79 Å². The summed E-state index contributed by atoms with van der Waals surface area (Å²) in [6, 6.07) is 11.8. The quantitative estimate of drug-likeness (QED) is 0.295. The van der Waals surface area contributed by atoms with Crippen LogP contribution >= 0.6 is 0 Å². The number of rotatable bonds is 10. The molecule has 1 saturated carbocycles. The molecule has 8 nitrogen and oxygen atoms in total. The number of methoxy groups -OCH3 is 2. The third-order valence-electron chi connectivity index (χ3n) is 7.74. The van der Waals surface area contributed by atoms with Crippen LogP contribution in [0.15, 0.2) is 42.6 Å². The highest BCUT2D eigenvalue weighted by molar-refractivity contribution is 5.90. The fraction of sp³-hybridized carbons (Fsp3) is 0.485. The number of ether oxygens (including phenoxy) is 3. The van der Waals surface area contributed by atoms with Gasteiger partial charge in [0, 0.05) is 42.2 Å². The summed E-state index contributed by atoms with van der Waals surface area (Å²) in [7, 11) is 4.89. The van der Waals surface area contributed by atoms with Crippen LogP contribution in [0, 0.1) is 0 Å². The second-order valence-corrected chi connectivity index (χ2v) is 11.9. The zero-order valence-electron chi connectivity index (χ0n) is 25.1. The van der Waals surface area contributed by atoms with Crippen molar-refractivity contribution >= 4 is 28.7 Å². The highest BCUT2D eigenvalue weighted by atomic mass is 16.6.